The standard InChI is InChI=1S/C12H11ClN2O2.C12H12N2O2.2CH4/c1-7-3-4-8(12(16)17-2)5-9(7)10-11(13)15-6-14-10;1-8-3-4-9(12(15)16-2)5-10(8)11-6-13-7-14-11;;/h3-6H,1-2H3,(H,14,15);3-7H,1-2H3,(H,13,14);2*1H4. The van der Waals surface area contributed by atoms with Gasteiger partial charge in [-0.1, -0.05) is 38.6 Å². The first-order valence-electron chi connectivity index (χ1n) is 9.91. The van der Waals surface area contributed by atoms with Crippen molar-refractivity contribution in [2.75, 3.05) is 14.2 Å². The van der Waals surface area contributed by atoms with Gasteiger partial charge in [-0.15, -0.1) is 0 Å². The monoisotopic (exact) mass is 498 g/mol. The van der Waals surface area contributed by atoms with Crippen LogP contribution in [0, 0.1) is 13.8 Å². The zero-order valence-corrected chi connectivity index (χ0v) is 19.4. The first-order chi connectivity index (χ1) is 15.8. The molecule has 0 radical (unpaired) electrons. The summed E-state index contributed by atoms with van der Waals surface area (Å²) in [5.41, 5.74) is 6.39. The molecular weight excluding hydrogens is 468 g/mol. The summed E-state index contributed by atoms with van der Waals surface area (Å²) in [6, 6.07) is 10.7. The zero-order valence-electron chi connectivity index (χ0n) is 18.6. The molecule has 0 saturated carbocycles. The van der Waals surface area contributed by atoms with Gasteiger partial charge in [0.05, 0.1) is 49.9 Å². The molecule has 2 N–H and O–H groups in total. The van der Waals surface area contributed by atoms with Crippen LogP contribution in [0.1, 0.15) is 46.7 Å². The Morgan fingerprint density at radius 1 is 0.829 bits per heavy atom. The lowest BCUT2D eigenvalue weighted by molar-refractivity contribution is 0.0592. The number of imidazole rings is 2. The molecule has 8 nitrogen and oxygen atoms in total. The van der Waals surface area contributed by atoms with Crippen LogP contribution in [0.4, 0.5) is 0 Å². The van der Waals surface area contributed by atoms with Crippen molar-refractivity contribution in [3.63, 3.8) is 0 Å². The topological polar surface area (TPSA) is 110 Å². The first kappa shape index (κ1) is 29.1. The van der Waals surface area contributed by atoms with Gasteiger partial charge in [-0.3, -0.25) is 0 Å². The fourth-order valence-corrected chi connectivity index (χ4v) is 3.35. The van der Waals surface area contributed by atoms with Gasteiger partial charge in [-0.25, -0.2) is 19.6 Å². The zero-order chi connectivity index (χ0) is 24.0. The van der Waals surface area contributed by atoms with Gasteiger partial charge in [0, 0.05) is 11.1 Å². The number of halogens is 1. The minimum Gasteiger partial charge on any atom is -0.465 e. The Morgan fingerprint density at radius 2 is 1.37 bits per heavy atom. The van der Waals surface area contributed by atoms with Crippen molar-refractivity contribution in [2.45, 2.75) is 28.7 Å². The molecule has 0 aliphatic rings. The second-order valence-corrected chi connectivity index (χ2v) is 7.45. The van der Waals surface area contributed by atoms with Crippen LogP contribution in [0.5, 0.6) is 0 Å². The van der Waals surface area contributed by atoms with Crippen LogP contribution < -0.4 is 0 Å². The van der Waals surface area contributed by atoms with Gasteiger partial charge in [-0.2, -0.15) is 0 Å². The number of H-pyrrole nitrogens is 2. The minimum atomic E-state index is -0.377. The number of ether oxygens (including phenoxy) is 2. The Hall–Kier alpha value is -3.91. The number of aromatic amines is 2. The van der Waals surface area contributed by atoms with E-state index in [1.165, 1.54) is 20.5 Å². The Balaban J connectivity index is 0.000000332. The number of carbonyl (C=O) groups excluding carboxylic acids is 2. The number of aryl methyl sites for hydroxylation is 2. The van der Waals surface area contributed by atoms with Gasteiger partial charge >= 0.3 is 11.9 Å². The van der Waals surface area contributed by atoms with Crippen LogP contribution in [-0.2, 0) is 9.47 Å². The molecule has 0 saturated heterocycles. The number of benzene rings is 2. The Kier molecular flexibility index (Phi) is 10.9. The molecule has 0 aliphatic heterocycles. The Labute approximate surface area is 210 Å². The van der Waals surface area contributed by atoms with Gasteiger partial charge in [0.25, 0.3) is 0 Å². The van der Waals surface area contributed by atoms with Crippen molar-refractivity contribution >= 4 is 23.5 Å². The molecule has 4 rings (SSSR count). The molecule has 2 aromatic carbocycles. The quantitative estimate of drug-likeness (QED) is 0.321. The largest absolute Gasteiger partial charge is 0.465 e. The lowest BCUT2D eigenvalue weighted by atomic mass is 10.0. The van der Waals surface area contributed by atoms with Crippen LogP contribution in [0.2, 0.25) is 5.15 Å². The number of carbonyl (C=O) groups is 2. The summed E-state index contributed by atoms with van der Waals surface area (Å²) in [7, 11) is 2.72. The number of nitrogens with one attached hydrogen (secondary N) is 2. The Morgan fingerprint density at radius 3 is 1.83 bits per heavy atom. The van der Waals surface area contributed by atoms with Gasteiger partial charge in [0.15, 0.2) is 0 Å². The summed E-state index contributed by atoms with van der Waals surface area (Å²) in [6.07, 6.45) is 4.85. The highest BCUT2D eigenvalue weighted by Crippen LogP contribution is 2.28. The summed E-state index contributed by atoms with van der Waals surface area (Å²) in [5, 5.41) is 0.454. The number of hydrogen-bond donors (Lipinski definition) is 2. The molecule has 0 spiro atoms. The summed E-state index contributed by atoms with van der Waals surface area (Å²) in [5.74, 6) is -0.710. The van der Waals surface area contributed by atoms with Crippen molar-refractivity contribution in [1.29, 1.82) is 0 Å². The molecule has 0 aliphatic carbocycles. The highest BCUT2D eigenvalue weighted by Gasteiger charge is 2.13. The van der Waals surface area contributed by atoms with E-state index in [1.807, 2.05) is 26.0 Å². The maximum absolute atomic E-state index is 11.4. The summed E-state index contributed by atoms with van der Waals surface area (Å²) in [6.45, 7) is 3.92. The van der Waals surface area contributed by atoms with Crippen LogP contribution in [-0.4, -0.2) is 46.1 Å². The predicted molar refractivity (Wildman–Crippen MR) is 139 cm³/mol. The van der Waals surface area contributed by atoms with Gasteiger partial charge < -0.3 is 19.4 Å². The van der Waals surface area contributed by atoms with E-state index in [4.69, 9.17) is 11.6 Å². The van der Waals surface area contributed by atoms with E-state index in [0.29, 0.717) is 22.0 Å². The second kappa shape index (κ2) is 13.1. The molecule has 186 valence electrons. The highest BCUT2D eigenvalue weighted by molar-refractivity contribution is 6.31. The molecule has 2 aromatic heterocycles. The fraction of sp³-hybridized carbons (Fsp3) is 0.231. The van der Waals surface area contributed by atoms with Crippen molar-refractivity contribution < 1.29 is 19.1 Å². The van der Waals surface area contributed by atoms with E-state index in [-0.39, 0.29) is 26.8 Å². The fourth-order valence-electron chi connectivity index (χ4n) is 3.15. The maximum atomic E-state index is 11.4. The summed E-state index contributed by atoms with van der Waals surface area (Å²) >= 11 is 5.98. The average molecular weight is 499 g/mol. The van der Waals surface area contributed by atoms with Crippen molar-refractivity contribution in [1.82, 2.24) is 19.9 Å². The van der Waals surface area contributed by atoms with E-state index in [2.05, 4.69) is 29.4 Å². The van der Waals surface area contributed by atoms with Crippen LogP contribution in [0.15, 0.2) is 55.2 Å². The molecule has 2 heterocycles. The first-order valence-corrected chi connectivity index (χ1v) is 10.3. The lowest BCUT2D eigenvalue weighted by Gasteiger charge is -2.06. The predicted octanol–water partition coefficient (Wildman–Crippen LogP) is 6.27. The second-order valence-electron chi connectivity index (χ2n) is 7.07. The van der Waals surface area contributed by atoms with E-state index >= 15 is 0 Å². The molecule has 0 amide bonds. The Bertz CT molecular complexity index is 1270. The third-order valence-corrected chi connectivity index (χ3v) is 5.24. The molecule has 0 bridgehead atoms. The number of methoxy groups -OCH3 is 2. The van der Waals surface area contributed by atoms with E-state index < -0.39 is 0 Å². The summed E-state index contributed by atoms with van der Waals surface area (Å²) < 4.78 is 9.36. The van der Waals surface area contributed by atoms with Crippen molar-refractivity contribution in [3.05, 3.63) is 82.7 Å². The van der Waals surface area contributed by atoms with Gasteiger partial charge in [0.1, 0.15) is 10.8 Å². The SMILES string of the molecule is C.C.COC(=O)c1ccc(C)c(-c2cnc[nH]2)c1.COC(=O)c1ccc(C)c(-c2nc[nH]c2Cl)c1. The van der Waals surface area contributed by atoms with Crippen molar-refractivity contribution in [2.24, 2.45) is 0 Å². The molecule has 35 heavy (non-hydrogen) atoms. The van der Waals surface area contributed by atoms with Crippen LogP contribution in [0.25, 0.3) is 22.5 Å². The third-order valence-electron chi connectivity index (χ3n) is 4.95. The molecule has 0 unspecified atom stereocenters. The van der Waals surface area contributed by atoms with Gasteiger partial charge in [0.2, 0.25) is 0 Å². The molecule has 9 heteroatoms. The number of esters is 2. The third kappa shape index (κ3) is 6.80. The highest BCUT2D eigenvalue weighted by atomic mass is 35.5. The number of rotatable bonds is 4. The average Bonchev–Trinajstić information content (AvgIpc) is 3.51. The van der Waals surface area contributed by atoms with Crippen LogP contribution >= 0.6 is 11.6 Å². The number of nitrogens with zero attached hydrogens (tertiary/aromatic N) is 2. The van der Waals surface area contributed by atoms with Crippen molar-refractivity contribution in [3.8, 4) is 22.5 Å². The number of aromatic nitrogens is 4. The molecule has 0 fully saturated rings. The van der Waals surface area contributed by atoms with E-state index in [0.717, 1.165) is 27.9 Å². The van der Waals surface area contributed by atoms with Gasteiger partial charge in [-0.05, 0) is 49.2 Å². The summed E-state index contributed by atoms with van der Waals surface area (Å²) in [4.78, 5) is 36.8. The maximum Gasteiger partial charge on any atom is 0.337 e. The molecule has 4 aromatic rings. The van der Waals surface area contributed by atoms with E-state index in [9.17, 15) is 9.59 Å². The smallest absolute Gasteiger partial charge is 0.337 e. The van der Waals surface area contributed by atoms with E-state index in [1.54, 1.807) is 36.8 Å². The lowest BCUT2D eigenvalue weighted by Crippen LogP contribution is -2.01. The number of hydrogen-bond acceptors (Lipinski definition) is 6. The molecular formula is C26H31ClN4O4. The minimum absolute atomic E-state index is 0. The molecule has 0 atom stereocenters. The van der Waals surface area contributed by atoms with Crippen LogP contribution in [0.3, 0.4) is 0 Å². The normalized spacial score (nSPS) is 9.63.